The Hall–Kier alpha value is -1.95. The molecule has 2 nitrogen and oxygen atoms in total. The van der Waals surface area contributed by atoms with Gasteiger partial charge in [-0.15, -0.1) is 0 Å². The van der Waals surface area contributed by atoms with Crippen molar-refractivity contribution in [2.75, 3.05) is 6.61 Å². The van der Waals surface area contributed by atoms with Crippen LogP contribution in [0.4, 0.5) is 0 Å². The number of hydrogen-bond acceptors (Lipinski definition) is 2. The molecule has 0 radical (unpaired) electrons. The second-order valence-corrected chi connectivity index (χ2v) is 4.31. The molecule has 2 aromatic carbocycles. The fourth-order valence-electron chi connectivity index (χ4n) is 1.50. The summed E-state index contributed by atoms with van der Waals surface area (Å²) in [6, 6.07) is 16.4. The topological polar surface area (TPSA) is 29.5 Å². The highest BCUT2D eigenvalue weighted by atomic mass is 35.5. The van der Waals surface area contributed by atoms with Gasteiger partial charge >= 0.3 is 0 Å². The average molecular weight is 273 g/mol. The van der Waals surface area contributed by atoms with Gasteiger partial charge in [-0.2, -0.15) is 0 Å². The fraction of sp³-hybridized carbons (Fsp3) is 0.125. The lowest BCUT2D eigenvalue weighted by atomic mass is 10.1. The van der Waals surface area contributed by atoms with Crippen molar-refractivity contribution in [2.24, 2.45) is 0 Å². The van der Waals surface area contributed by atoms with Gasteiger partial charge < -0.3 is 9.84 Å². The molecule has 2 aromatic rings. The lowest BCUT2D eigenvalue weighted by Gasteiger charge is -2.03. The van der Waals surface area contributed by atoms with Crippen LogP contribution >= 0.6 is 11.6 Å². The van der Waals surface area contributed by atoms with Gasteiger partial charge in [0, 0.05) is 5.02 Å². The molecule has 0 amide bonds. The molecule has 0 saturated carbocycles. The van der Waals surface area contributed by atoms with E-state index in [4.69, 9.17) is 16.3 Å². The predicted molar refractivity (Wildman–Crippen MR) is 76.1 cm³/mol. The van der Waals surface area contributed by atoms with Crippen molar-refractivity contribution in [1.29, 1.82) is 0 Å². The standard InChI is InChI=1S/C16H13ClO2/c17-14-10-8-13(9-11-14)16(18)7-4-12-19-15-5-2-1-3-6-15/h1-3,5-6,8-11,16,18H,12H2. The molecule has 96 valence electrons. The van der Waals surface area contributed by atoms with Gasteiger partial charge in [-0.25, -0.2) is 0 Å². The van der Waals surface area contributed by atoms with Gasteiger partial charge in [0.05, 0.1) is 0 Å². The lowest BCUT2D eigenvalue weighted by molar-refractivity contribution is 0.238. The van der Waals surface area contributed by atoms with Crippen molar-refractivity contribution in [3.63, 3.8) is 0 Å². The summed E-state index contributed by atoms with van der Waals surface area (Å²) in [5, 5.41) is 10.5. The van der Waals surface area contributed by atoms with Gasteiger partial charge in [0.2, 0.25) is 0 Å². The van der Waals surface area contributed by atoms with Crippen LogP contribution in [-0.4, -0.2) is 11.7 Å². The predicted octanol–water partition coefficient (Wildman–Crippen LogP) is 3.46. The van der Waals surface area contributed by atoms with E-state index in [2.05, 4.69) is 11.8 Å². The Labute approximate surface area is 117 Å². The highest BCUT2D eigenvalue weighted by molar-refractivity contribution is 6.30. The lowest BCUT2D eigenvalue weighted by Crippen LogP contribution is -1.96. The molecule has 2 rings (SSSR count). The van der Waals surface area contributed by atoms with Crippen LogP contribution in [0.3, 0.4) is 0 Å². The van der Waals surface area contributed by atoms with Crippen LogP contribution in [0.2, 0.25) is 5.02 Å². The number of aliphatic hydroxyl groups is 1. The van der Waals surface area contributed by atoms with Crippen molar-refractivity contribution in [2.45, 2.75) is 6.10 Å². The number of halogens is 1. The average Bonchev–Trinajstić information content (AvgIpc) is 2.45. The van der Waals surface area contributed by atoms with Crippen molar-refractivity contribution in [3.05, 3.63) is 65.2 Å². The van der Waals surface area contributed by atoms with Crippen LogP contribution in [0.5, 0.6) is 5.75 Å². The van der Waals surface area contributed by atoms with Crippen LogP contribution in [0.1, 0.15) is 11.7 Å². The van der Waals surface area contributed by atoms with Gasteiger partial charge in [0.25, 0.3) is 0 Å². The molecule has 1 N–H and O–H groups in total. The zero-order valence-corrected chi connectivity index (χ0v) is 11.0. The van der Waals surface area contributed by atoms with E-state index >= 15 is 0 Å². The third-order valence-corrected chi connectivity index (χ3v) is 2.73. The number of hydrogen-bond donors (Lipinski definition) is 1. The van der Waals surface area contributed by atoms with Crippen LogP contribution in [0.25, 0.3) is 0 Å². The van der Waals surface area contributed by atoms with Crippen molar-refractivity contribution < 1.29 is 9.84 Å². The van der Waals surface area contributed by atoms with Crippen molar-refractivity contribution in [3.8, 4) is 17.6 Å². The van der Waals surface area contributed by atoms with E-state index in [1.54, 1.807) is 24.3 Å². The summed E-state index contributed by atoms with van der Waals surface area (Å²) in [5.41, 5.74) is 0.719. The SMILES string of the molecule is OC(C#CCOc1ccccc1)c1ccc(Cl)cc1. The third-order valence-electron chi connectivity index (χ3n) is 2.48. The van der Waals surface area contributed by atoms with E-state index in [1.807, 2.05) is 30.3 Å². The number of benzene rings is 2. The number of ether oxygens (including phenoxy) is 1. The van der Waals surface area contributed by atoms with Crippen LogP contribution in [-0.2, 0) is 0 Å². The Balaban J connectivity index is 1.88. The Kier molecular flexibility index (Phi) is 4.85. The zero-order chi connectivity index (χ0) is 13.5. The summed E-state index contributed by atoms with van der Waals surface area (Å²) in [6.45, 7) is 0.245. The first-order chi connectivity index (χ1) is 9.25. The molecular weight excluding hydrogens is 260 g/mol. The molecule has 0 fully saturated rings. The van der Waals surface area contributed by atoms with E-state index < -0.39 is 6.10 Å². The molecular formula is C16H13ClO2. The minimum absolute atomic E-state index is 0.245. The first-order valence-corrected chi connectivity index (χ1v) is 6.23. The summed E-state index contributed by atoms with van der Waals surface area (Å²) in [4.78, 5) is 0. The first-order valence-electron chi connectivity index (χ1n) is 5.85. The van der Waals surface area contributed by atoms with Crippen LogP contribution in [0, 0.1) is 11.8 Å². The Morgan fingerprint density at radius 2 is 1.74 bits per heavy atom. The maximum absolute atomic E-state index is 9.84. The van der Waals surface area contributed by atoms with Crippen molar-refractivity contribution in [1.82, 2.24) is 0 Å². The molecule has 3 heteroatoms. The zero-order valence-electron chi connectivity index (χ0n) is 10.2. The Morgan fingerprint density at radius 3 is 2.42 bits per heavy atom. The maximum Gasteiger partial charge on any atom is 0.149 e. The van der Waals surface area contributed by atoms with Gasteiger partial charge in [0.1, 0.15) is 18.5 Å². The molecule has 1 unspecified atom stereocenters. The van der Waals surface area contributed by atoms with Crippen molar-refractivity contribution >= 4 is 11.6 Å². The maximum atomic E-state index is 9.84. The summed E-state index contributed by atoms with van der Waals surface area (Å²) < 4.78 is 5.41. The monoisotopic (exact) mass is 272 g/mol. The summed E-state index contributed by atoms with van der Waals surface area (Å²) >= 11 is 5.77. The molecule has 0 aliphatic carbocycles. The number of rotatable bonds is 3. The minimum Gasteiger partial charge on any atom is -0.481 e. The Morgan fingerprint density at radius 1 is 1.05 bits per heavy atom. The van der Waals surface area contributed by atoms with E-state index in [9.17, 15) is 5.11 Å². The van der Waals surface area contributed by atoms with E-state index in [0.717, 1.165) is 11.3 Å². The van der Waals surface area contributed by atoms with Gasteiger partial charge in [-0.1, -0.05) is 53.8 Å². The summed E-state index contributed by atoms with van der Waals surface area (Å²) in [6.07, 6.45) is -0.823. The molecule has 0 aromatic heterocycles. The van der Waals surface area contributed by atoms with Gasteiger partial charge in [-0.05, 0) is 29.8 Å². The minimum atomic E-state index is -0.823. The van der Waals surface area contributed by atoms with E-state index in [0.29, 0.717) is 5.02 Å². The molecule has 0 spiro atoms. The highest BCUT2D eigenvalue weighted by Crippen LogP contribution is 2.15. The van der Waals surface area contributed by atoms with Crippen LogP contribution < -0.4 is 4.74 Å². The molecule has 0 heterocycles. The summed E-state index contributed by atoms with van der Waals surface area (Å²) in [7, 11) is 0. The number of para-hydroxylation sites is 1. The highest BCUT2D eigenvalue weighted by Gasteiger charge is 2.02. The molecule has 1 atom stereocenters. The second-order valence-electron chi connectivity index (χ2n) is 3.88. The molecule has 0 aliphatic heterocycles. The largest absolute Gasteiger partial charge is 0.481 e. The third kappa shape index (κ3) is 4.33. The normalized spacial score (nSPS) is 11.3. The molecule has 0 bridgehead atoms. The quantitative estimate of drug-likeness (QED) is 0.867. The smallest absolute Gasteiger partial charge is 0.149 e. The molecule has 19 heavy (non-hydrogen) atoms. The van der Waals surface area contributed by atoms with E-state index in [1.165, 1.54) is 0 Å². The van der Waals surface area contributed by atoms with Gasteiger partial charge in [-0.3, -0.25) is 0 Å². The summed E-state index contributed by atoms with van der Waals surface area (Å²) in [5.74, 6) is 6.28. The molecule has 0 saturated heterocycles. The number of aliphatic hydroxyl groups excluding tert-OH is 1. The molecule has 0 aliphatic rings. The second kappa shape index (κ2) is 6.84. The fourth-order valence-corrected chi connectivity index (χ4v) is 1.63. The Bertz CT molecular complexity index is 567. The van der Waals surface area contributed by atoms with Crippen LogP contribution in [0.15, 0.2) is 54.6 Å². The van der Waals surface area contributed by atoms with E-state index in [-0.39, 0.29) is 6.61 Å². The van der Waals surface area contributed by atoms with Gasteiger partial charge in [0.15, 0.2) is 0 Å². The first kappa shape index (κ1) is 13.5.